The molecule has 0 saturated heterocycles. The predicted molar refractivity (Wildman–Crippen MR) is 76.5 cm³/mol. The fourth-order valence-electron chi connectivity index (χ4n) is 1.77. The van der Waals surface area contributed by atoms with Gasteiger partial charge in [-0.1, -0.05) is 22.0 Å². The summed E-state index contributed by atoms with van der Waals surface area (Å²) in [5, 5.41) is 9.65. The molecular formula is C14H20BrNO2. The van der Waals surface area contributed by atoms with Gasteiger partial charge in [-0.15, -0.1) is 0 Å². The van der Waals surface area contributed by atoms with E-state index in [4.69, 9.17) is 0 Å². The molecule has 0 aromatic heterocycles. The van der Waals surface area contributed by atoms with Crippen molar-refractivity contribution in [2.24, 2.45) is 0 Å². The van der Waals surface area contributed by atoms with Gasteiger partial charge in [-0.05, 0) is 50.5 Å². The molecule has 0 bridgehead atoms. The van der Waals surface area contributed by atoms with Crippen molar-refractivity contribution in [2.45, 2.75) is 32.8 Å². The second kappa shape index (κ2) is 5.85. The molecule has 1 amide bonds. The van der Waals surface area contributed by atoms with Crippen LogP contribution in [-0.2, 0) is 11.2 Å². The van der Waals surface area contributed by atoms with Crippen LogP contribution in [0, 0.1) is 6.92 Å². The van der Waals surface area contributed by atoms with Crippen molar-refractivity contribution in [3.8, 4) is 0 Å². The van der Waals surface area contributed by atoms with Gasteiger partial charge in [-0.2, -0.15) is 0 Å². The first-order chi connectivity index (χ1) is 8.21. The first-order valence-corrected chi connectivity index (χ1v) is 6.74. The highest BCUT2D eigenvalue weighted by atomic mass is 79.9. The Morgan fingerprint density at radius 3 is 2.61 bits per heavy atom. The Bertz CT molecular complexity index is 438. The van der Waals surface area contributed by atoms with Crippen LogP contribution in [0.4, 0.5) is 0 Å². The molecule has 0 unspecified atom stereocenters. The van der Waals surface area contributed by atoms with Crippen LogP contribution >= 0.6 is 15.9 Å². The van der Waals surface area contributed by atoms with E-state index < -0.39 is 5.60 Å². The number of nitrogens with zero attached hydrogens (tertiary/aromatic N) is 1. The zero-order chi connectivity index (χ0) is 13.9. The monoisotopic (exact) mass is 313 g/mol. The molecular weight excluding hydrogens is 294 g/mol. The van der Waals surface area contributed by atoms with Crippen LogP contribution in [0.25, 0.3) is 0 Å². The minimum Gasteiger partial charge on any atom is -0.381 e. The number of hydrogen-bond acceptors (Lipinski definition) is 2. The molecule has 4 heteroatoms. The summed E-state index contributed by atoms with van der Waals surface area (Å²) in [7, 11) is 1.72. The molecule has 0 spiro atoms. The average Bonchev–Trinajstić information content (AvgIpc) is 2.27. The van der Waals surface area contributed by atoms with E-state index in [9.17, 15) is 9.90 Å². The van der Waals surface area contributed by atoms with E-state index in [1.54, 1.807) is 11.9 Å². The average molecular weight is 314 g/mol. The maximum atomic E-state index is 11.8. The minimum absolute atomic E-state index is 0.254. The summed E-state index contributed by atoms with van der Waals surface area (Å²) in [5.74, 6) is -0.254. The van der Waals surface area contributed by atoms with Gasteiger partial charge >= 0.3 is 0 Å². The molecule has 0 aliphatic rings. The SMILES string of the molecule is Cc1ccc(Br)cc1CCN(C)C(=O)C(C)(C)O. The van der Waals surface area contributed by atoms with E-state index in [0.29, 0.717) is 6.54 Å². The molecule has 0 saturated carbocycles. The molecule has 0 heterocycles. The van der Waals surface area contributed by atoms with Crippen molar-refractivity contribution < 1.29 is 9.90 Å². The molecule has 1 rings (SSSR count). The molecule has 100 valence electrons. The number of hydrogen-bond donors (Lipinski definition) is 1. The highest BCUT2D eigenvalue weighted by molar-refractivity contribution is 9.10. The van der Waals surface area contributed by atoms with Crippen molar-refractivity contribution in [3.63, 3.8) is 0 Å². The van der Waals surface area contributed by atoms with Crippen molar-refractivity contribution in [2.75, 3.05) is 13.6 Å². The Labute approximate surface area is 117 Å². The number of aryl methyl sites for hydroxylation is 1. The van der Waals surface area contributed by atoms with Crippen LogP contribution in [0.15, 0.2) is 22.7 Å². The number of rotatable bonds is 4. The Kier molecular flexibility index (Phi) is 4.93. The fourth-order valence-corrected chi connectivity index (χ4v) is 2.17. The quantitative estimate of drug-likeness (QED) is 0.928. The van der Waals surface area contributed by atoms with Gasteiger partial charge in [0, 0.05) is 18.1 Å². The van der Waals surface area contributed by atoms with Crippen LogP contribution in [0.3, 0.4) is 0 Å². The number of aliphatic hydroxyl groups is 1. The minimum atomic E-state index is -1.30. The summed E-state index contributed by atoms with van der Waals surface area (Å²) in [4.78, 5) is 13.4. The largest absolute Gasteiger partial charge is 0.381 e. The smallest absolute Gasteiger partial charge is 0.253 e. The lowest BCUT2D eigenvalue weighted by atomic mass is 10.0. The van der Waals surface area contributed by atoms with Crippen LogP contribution in [-0.4, -0.2) is 35.1 Å². The topological polar surface area (TPSA) is 40.5 Å². The number of halogens is 1. The molecule has 3 nitrogen and oxygen atoms in total. The summed E-state index contributed by atoms with van der Waals surface area (Å²) in [6, 6.07) is 6.12. The van der Waals surface area contributed by atoms with Gasteiger partial charge in [0.2, 0.25) is 0 Å². The highest BCUT2D eigenvalue weighted by Crippen LogP contribution is 2.17. The molecule has 0 aliphatic heterocycles. The van der Waals surface area contributed by atoms with E-state index in [2.05, 4.69) is 35.0 Å². The van der Waals surface area contributed by atoms with E-state index in [-0.39, 0.29) is 5.91 Å². The van der Waals surface area contributed by atoms with E-state index in [1.807, 2.05) is 6.07 Å². The molecule has 18 heavy (non-hydrogen) atoms. The Balaban J connectivity index is 2.65. The fraction of sp³-hybridized carbons (Fsp3) is 0.500. The normalized spacial score (nSPS) is 11.4. The summed E-state index contributed by atoms with van der Waals surface area (Å²) in [6.45, 7) is 5.67. The molecule has 0 aliphatic carbocycles. The van der Waals surface area contributed by atoms with Gasteiger partial charge in [0.15, 0.2) is 0 Å². The maximum Gasteiger partial charge on any atom is 0.253 e. The van der Waals surface area contributed by atoms with Crippen molar-refractivity contribution in [1.29, 1.82) is 0 Å². The number of benzene rings is 1. The summed E-state index contributed by atoms with van der Waals surface area (Å²) in [5.41, 5.74) is 1.11. The standard InChI is InChI=1S/C14H20BrNO2/c1-10-5-6-12(15)9-11(10)7-8-16(4)13(17)14(2,3)18/h5-6,9,18H,7-8H2,1-4H3. The Morgan fingerprint density at radius 2 is 2.06 bits per heavy atom. The Morgan fingerprint density at radius 1 is 1.44 bits per heavy atom. The molecule has 1 aromatic carbocycles. The third-order valence-electron chi connectivity index (χ3n) is 2.90. The summed E-state index contributed by atoms with van der Waals surface area (Å²) in [6.07, 6.45) is 0.781. The van der Waals surface area contributed by atoms with Crippen LogP contribution < -0.4 is 0 Å². The summed E-state index contributed by atoms with van der Waals surface area (Å²) < 4.78 is 1.04. The highest BCUT2D eigenvalue weighted by Gasteiger charge is 2.26. The van der Waals surface area contributed by atoms with Crippen molar-refractivity contribution in [1.82, 2.24) is 4.90 Å². The first kappa shape index (κ1) is 15.2. The van der Waals surface area contributed by atoms with Gasteiger partial charge < -0.3 is 10.0 Å². The van der Waals surface area contributed by atoms with E-state index >= 15 is 0 Å². The van der Waals surface area contributed by atoms with E-state index in [0.717, 1.165) is 10.9 Å². The van der Waals surface area contributed by atoms with Crippen LogP contribution in [0.5, 0.6) is 0 Å². The van der Waals surface area contributed by atoms with Gasteiger partial charge in [-0.3, -0.25) is 4.79 Å². The van der Waals surface area contributed by atoms with Crippen molar-refractivity contribution in [3.05, 3.63) is 33.8 Å². The second-order valence-corrected chi connectivity index (χ2v) is 6.02. The zero-order valence-electron chi connectivity index (χ0n) is 11.3. The third kappa shape index (κ3) is 4.10. The number of carbonyl (C=O) groups is 1. The van der Waals surface area contributed by atoms with Crippen LogP contribution in [0.2, 0.25) is 0 Å². The van der Waals surface area contributed by atoms with Crippen LogP contribution in [0.1, 0.15) is 25.0 Å². The molecule has 0 fully saturated rings. The number of carbonyl (C=O) groups excluding carboxylic acids is 1. The number of amides is 1. The van der Waals surface area contributed by atoms with Gasteiger partial charge in [-0.25, -0.2) is 0 Å². The molecule has 1 N–H and O–H groups in total. The first-order valence-electron chi connectivity index (χ1n) is 5.95. The zero-order valence-corrected chi connectivity index (χ0v) is 12.9. The summed E-state index contributed by atoms with van der Waals surface area (Å²) >= 11 is 3.44. The van der Waals surface area contributed by atoms with Gasteiger partial charge in [0.25, 0.3) is 5.91 Å². The second-order valence-electron chi connectivity index (χ2n) is 5.11. The lowest BCUT2D eigenvalue weighted by molar-refractivity contribution is -0.146. The maximum absolute atomic E-state index is 11.8. The molecule has 0 radical (unpaired) electrons. The molecule has 0 atom stereocenters. The lowest BCUT2D eigenvalue weighted by Crippen LogP contribution is -2.43. The third-order valence-corrected chi connectivity index (χ3v) is 3.39. The lowest BCUT2D eigenvalue weighted by Gasteiger charge is -2.25. The predicted octanol–water partition coefficient (Wildman–Crippen LogP) is 2.53. The Hall–Kier alpha value is -0.870. The van der Waals surface area contributed by atoms with Crippen molar-refractivity contribution >= 4 is 21.8 Å². The molecule has 1 aromatic rings. The number of likely N-dealkylation sites (N-methyl/N-ethyl adjacent to an activating group) is 1. The van der Waals surface area contributed by atoms with E-state index in [1.165, 1.54) is 25.0 Å². The van der Waals surface area contributed by atoms with Gasteiger partial charge in [0.05, 0.1) is 0 Å². The van der Waals surface area contributed by atoms with Gasteiger partial charge in [0.1, 0.15) is 5.60 Å².